The van der Waals surface area contributed by atoms with Crippen LogP contribution in [0.2, 0.25) is 0 Å². The van der Waals surface area contributed by atoms with Gasteiger partial charge in [-0.3, -0.25) is 9.13 Å². The zero-order valence-electron chi connectivity index (χ0n) is 70.9. The van der Waals surface area contributed by atoms with Crippen molar-refractivity contribution in [3.8, 4) is 136 Å². The minimum absolute atomic E-state index is 0.504. The molecule has 8 aromatic heterocycles. The molecule has 0 fully saturated rings. The van der Waals surface area contributed by atoms with E-state index in [4.69, 9.17) is 38.7 Å². The predicted octanol–water partition coefficient (Wildman–Crippen LogP) is 30.9. The summed E-state index contributed by atoms with van der Waals surface area (Å²) in [6.45, 7) is 0. The van der Waals surface area contributed by atoms with Crippen LogP contribution in [0.25, 0.3) is 267 Å². The van der Waals surface area contributed by atoms with Crippen molar-refractivity contribution < 1.29 is 8.83 Å². The Morgan fingerprint density at radius 1 is 0.167 bits per heavy atom. The fourth-order valence-electron chi connectivity index (χ4n) is 20.4. The molecule has 0 amide bonds. The Morgan fingerprint density at radius 2 is 0.515 bits per heavy atom. The second kappa shape index (κ2) is 29.8. The van der Waals surface area contributed by atoms with Crippen LogP contribution >= 0.6 is 0 Å². The van der Waals surface area contributed by atoms with Crippen molar-refractivity contribution in [2.24, 2.45) is 0 Å². The van der Waals surface area contributed by atoms with E-state index >= 15 is 0 Å². The number of benzene rings is 19. The zero-order chi connectivity index (χ0) is 86.6. The molecule has 0 spiro atoms. The number of para-hydroxylation sites is 5. The van der Waals surface area contributed by atoms with Gasteiger partial charge in [-0.1, -0.05) is 309 Å². The van der Waals surface area contributed by atoms with E-state index in [9.17, 15) is 0 Å². The van der Waals surface area contributed by atoms with Gasteiger partial charge in [0.15, 0.2) is 23.3 Å². The number of fused-ring (bicyclic) bond motifs is 18. The zero-order valence-corrected chi connectivity index (χ0v) is 70.9. The van der Waals surface area contributed by atoms with Gasteiger partial charge < -0.3 is 18.0 Å². The van der Waals surface area contributed by atoms with Crippen molar-refractivity contribution in [1.29, 1.82) is 0 Å². The highest BCUT2D eigenvalue weighted by Gasteiger charge is 2.28. The van der Waals surface area contributed by atoms with Crippen molar-refractivity contribution in [1.82, 2.24) is 48.2 Å². The van der Waals surface area contributed by atoms with E-state index in [1.165, 1.54) is 10.8 Å². The molecular formula is C120H72N10O2. The van der Waals surface area contributed by atoms with Gasteiger partial charge in [-0.15, -0.1) is 0 Å². The Morgan fingerprint density at radius 3 is 1.05 bits per heavy atom. The van der Waals surface area contributed by atoms with Crippen molar-refractivity contribution in [3.05, 3.63) is 437 Å². The molecule has 614 valence electrons. The second-order valence-corrected chi connectivity index (χ2v) is 34.0. The topological polar surface area (TPSA) is 123 Å². The van der Waals surface area contributed by atoms with Crippen LogP contribution in [-0.2, 0) is 0 Å². The minimum atomic E-state index is 0.504. The van der Waals surface area contributed by atoms with E-state index in [1.807, 2.05) is 97.1 Å². The lowest BCUT2D eigenvalue weighted by molar-refractivity contribution is 0.669. The van der Waals surface area contributed by atoms with Crippen molar-refractivity contribution in [3.63, 3.8) is 0 Å². The molecule has 0 saturated heterocycles. The molecule has 8 heterocycles. The summed E-state index contributed by atoms with van der Waals surface area (Å²) in [7, 11) is 0. The standard InChI is InChI=1S/C120H72N10O2/c1-8-28-73(29-9-1)88-59-58-87(112-100-70-82(56-65-109(100)132-114(88)112)78-52-61-105-95(66-78)90-43-23-25-48-102(90)129(105)119-123-115(74-30-10-2-11-31-74)121-116(124-119)75-32-12-3-13-33-75)84-54-63-104-98(71-84)97-68-80(51-60-103(97)127(104)85-38-18-6-19-39-85)83-50-57-91-96-67-79(53-62-106(96)130(107(91)72-83)120-125-117(76-34-14-4-15-35-76)122-118(126-120)77-36-16-5-17-37-77)81-55-64-108-99(69-81)111-92(44-27-49-110(111)131-108)94-46-26-45-93-89-42-22-24-47-101(89)128(113(93)94)86-40-20-7-21-41-86/h1-72H. The maximum Gasteiger partial charge on any atom is 0.238 e. The Kier molecular flexibility index (Phi) is 16.8. The van der Waals surface area contributed by atoms with Crippen molar-refractivity contribution >= 4 is 131 Å². The molecule has 27 aromatic rings. The first-order chi connectivity index (χ1) is 65.4. The molecule has 0 aliphatic heterocycles. The van der Waals surface area contributed by atoms with Gasteiger partial charge >= 0.3 is 0 Å². The van der Waals surface area contributed by atoms with Crippen LogP contribution in [0, 0.1) is 0 Å². The van der Waals surface area contributed by atoms with Crippen molar-refractivity contribution in [2.75, 3.05) is 0 Å². The summed E-state index contributed by atoms with van der Waals surface area (Å²) in [6, 6.07) is 155. The molecule has 12 heteroatoms. The molecule has 27 rings (SSSR count). The highest BCUT2D eigenvalue weighted by atomic mass is 16.3. The monoisotopic (exact) mass is 1680 g/mol. The Labute approximate surface area is 755 Å². The van der Waals surface area contributed by atoms with Gasteiger partial charge in [0, 0.05) is 109 Å². The SMILES string of the molecule is c1ccc(-c2nc(-c3ccccc3)nc(-n3c4ccccc4c4cc(-c5ccc6oc7c(-c8ccccc8)ccc(-c8ccc9c(c8)c8cc(-c%10ccc%11c%12cc(-c%13ccc%14oc%15cccc(-c%16cccc%17c%18ccccc%18n(-c%18ccccc%18)c%16%17)c%15c%14c%13)ccc%12n(-c%12nc(-c%13ccccc%13)nc(-c%13ccccc%13)n%12)c%11c%10)ccc8n9-c8ccccc8)c7c6c5)ccc43)n2)cc1. The van der Waals surface area contributed by atoms with Crippen LogP contribution in [0.3, 0.4) is 0 Å². The van der Waals surface area contributed by atoms with Crippen molar-refractivity contribution in [2.45, 2.75) is 0 Å². The van der Waals surface area contributed by atoms with E-state index in [2.05, 4.69) is 358 Å². The number of hydrogen-bond acceptors (Lipinski definition) is 8. The van der Waals surface area contributed by atoms with Gasteiger partial charge in [-0.05, 0) is 183 Å². The van der Waals surface area contributed by atoms with Gasteiger partial charge in [0.1, 0.15) is 22.3 Å². The summed E-state index contributed by atoms with van der Waals surface area (Å²) in [5, 5.41) is 13.0. The lowest BCUT2D eigenvalue weighted by Gasteiger charge is -2.12. The molecular weight excluding hydrogens is 1610 g/mol. The van der Waals surface area contributed by atoms with Gasteiger partial charge in [-0.25, -0.2) is 9.97 Å². The molecule has 0 radical (unpaired) electrons. The Bertz CT molecular complexity index is 9270. The first-order valence-electron chi connectivity index (χ1n) is 44.5. The maximum absolute atomic E-state index is 7.23. The van der Waals surface area contributed by atoms with Gasteiger partial charge in [0.2, 0.25) is 11.9 Å². The molecule has 0 N–H and O–H groups in total. The largest absolute Gasteiger partial charge is 0.456 e. The van der Waals surface area contributed by atoms with Gasteiger partial charge in [-0.2, -0.15) is 19.9 Å². The van der Waals surface area contributed by atoms with Crippen LogP contribution < -0.4 is 0 Å². The molecule has 132 heavy (non-hydrogen) atoms. The number of hydrogen-bond donors (Lipinski definition) is 0. The fraction of sp³-hybridized carbons (Fsp3) is 0. The molecule has 0 bridgehead atoms. The van der Waals surface area contributed by atoms with E-state index in [-0.39, 0.29) is 0 Å². The third kappa shape index (κ3) is 11.9. The first kappa shape index (κ1) is 74.3. The lowest BCUT2D eigenvalue weighted by Crippen LogP contribution is -2.06. The summed E-state index contributed by atoms with van der Waals surface area (Å²) >= 11 is 0. The average Bonchev–Trinajstić information content (AvgIpc) is 1.57. The highest BCUT2D eigenvalue weighted by Crippen LogP contribution is 2.50. The summed E-state index contributed by atoms with van der Waals surface area (Å²) < 4.78 is 23.3. The maximum atomic E-state index is 7.23. The van der Waals surface area contributed by atoms with E-state index in [0.717, 1.165) is 221 Å². The third-order valence-electron chi connectivity index (χ3n) is 26.5. The van der Waals surface area contributed by atoms with Crippen LogP contribution in [-0.4, -0.2) is 48.2 Å². The number of aromatic nitrogens is 10. The van der Waals surface area contributed by atoms with Crippen LogP contribution in [0.4, 0.5) is 0 Å². The molecule has 0 aliphatic rings. The molecule has 0 aliphatic carbocycles. The normalized spacial score (nSPS) is 11.9. The van der Waals surface area contributed by atoms with Crippen LogP contribution in [0.15, 0.2) is 446 Å². The van der Waals surface area contributed by atoms with E-state index < -0.39 is 0 Å². The summed E-state index contributed by atoms with van der Waals surface area (Å²) in [6.07, 6.45) is 0. The summed E-state index contributed by atoms with van der Waals surface area (Å²) in [5.74, 6) is 3.39. The first-order valence-corrected chi connectivity index (χ1v) is 44.5. The summed E-state index contributed by atoms with van der Waals surface area (Å²) in [5.41, 5.74) is 30.1. The third-order valence-corrected chi connectivity index (χ3v) is 26.5. The minimum Gasteiger partial charge on any atom is -0.456 e. The quantitative estimate of drug-likeness (QED) is 0.105. The highest BCUT2D eigenvalue weighted by molar-refractivity contribution is 6.22. The molecule has 0 saturated carbocycles. The van der Waals surface area contributed by atoms with E-state index in [1.54, 1.807) is 0 Å². The Balaban J connectivity index is 0.619. The second-order valence-electron chi connectivity index (χ2n) is 34.0. The van der Waals surface area contributed by atoms with Gasteiger partial charge in [0.05, 0.1) is 44.1 Å². The Hall–Kier alpha value is -18.0. The number of rotatable bonds is 14. The predicted molar refractivity (Wildman–Crippen MR) is 539 cm³/mol. The van der Waals surface area contributed by atoms with E-state index in [0.29, 0.717) is 35.2 Å². The van der Waals surface area contributed by atoms with Gasteiger partial charge in [0.25, 0.3) is 0 Å². The molecule has 19 aromatic carbocycles. The van der Waals surface area contributed by atoms with Crippen LogP contribution in [0.5, 0.6) is 0 Å². The average molecular weight is 1690 g/mol. The lowest BCUT2D eigenvalue weighted by atomic mass is 9.93. The number of nitrogens with zero attached hydrogens (tertiary/aromatic N) is 10. The van der Waals surface area contributed by atoms with Crippen LogP contribution in [0.1, 0.15) is 0 Å². The summed E-state index contributed by atoms with van der Waals surface area (Å²) in [4.78, 5) is 31.7. The molecule has 12 nitrogen and oxygen atoms in total. The number of furan rings is 2. The molecule has 0 unspecified atom stereocenters. The molecule has 0 atom stereocenters. The smallest absolute Gasteiger partial charge is 0.238 e. The fourth-order valence-corrected chi connectivity index (χ4v) is 20.4.